The number of hydrogen-bond donors (Lipinski definition) is 1. The van der Waals surface area contributed by atoms with E-state index < -0.39 is 0 Å². The predicted octanol–water partition coefficient (Wildman–Crippen LogP) is 2.88. The molecule has 2 amide bonds. The molecule has 1 aromatic rings. The molecular formula is C24H29N5O3. The quantitative estimate of drug-likeness (QED) is 0.523. The molecule has 2 aliphatic heterocycles. The molecule has 3 aliphatic rings. The number of nitrogens with zero attached hydrogens (tertiary/aromatic N) is 4. The molecule has 2 heterocycles. The van der Waals surface area contributed by atoms with Crippen LogP contribution in [0.25, 0.3) is 0 Å². The van der Waals surface area contributed by atoms with Crippen molar-refractivity contribution in [3.05, 3.63) is 70.6 Å². The van der Waals surface area contributed by atoms with Crippen molar-refractivity contribution in [2.24, 2.45) is 16.6 Å². The van der Waals surface area contributed by atoms with Crippen LogP contribution in [-0.2, 0) is 4.74 Å². The van der Waals surface area contributed by atoms with Gasteiger partial charge in [-0.1, -0.05) is 32.1 Å². The van der Waals surface area contributed by atoms with Crippen molar-refractivity contribution in [3.63, 3.8) is 0 Å². The number of aliphatic imine (C=N–C) groups is 1. The fraction of sp³-hybridized carbons (Fsp3) is 0.375. The molecule has 0 aromatic heterocycles. The Kier molecular flexibility index (Phi) is 6.14. The molecule has 168 valence electrons. The number of carbonyl (C=O) groups is 2. The number of allylic oxidation sites excluding steroid dienone is 3. The zero-order valence-corrected chi connectivity index (χ0v) is 18.7. The van der Waals surface area contributed by atoms with Crippen LogP contribution in [0, 0.1) is 5.92 Å². The van der Waals surface area contributed by atoms with Crippen molar-refractivity contribution >= 4 is 18.0 Å². The van der Waals surface area contributed by atoms with E-state index in [9.17, 15) is 9.59 Å². The Hall–Kier alpha value is -3.39. The van der Waals surface area contributed by atoms with Crippen LogP contribution in [0.5, 0.6) is 0 Å². The van der Waals surface area contributed by atoms with E-state index in [4.69, 9.17) is 10.5 Å². The number of fused-ring (bicyclic) bond motifs is 1. The normalized spacial score (nSPS) is 20.7. The first kappa shape index (κ1) is 21.8. The predicted molar refractivity (Wildman–Crippen MR) is 122 cm³/mol. The molecule has 1 unspecified atom stereocenters. The van der Waals surface area contributed by atoms with Crippen molar-refractivity contribution in [2.45, 2.75) is 26.7 Å². The zero-order chi connectivity index (χ0) is 22.8. The number of nitrogens with two attached hydrogens (primary N) is 1. The maximum absolute atomic E-state index is 12.8. The van der Waals surface area contributed by atoms with E-state index in [0.29, 0.717) is 42.0 Å². The summed E-state index contributed by atoms with van der Waals surface area (Å²) in [6.07, 6.45) is 7.61. The molecule has 0 spiro atoms. The van der Waals surface area contributed by atoms with Crippen LogP contribution in [0.15, 0.2) is 64.4 Å². The van der Waals surface area contributed by atoms with E-state index in [1.54, 1.807) is 31.4 Å². The number of benzene rings is 1. The van der Waals surface area contributed by atoms with Gasteiger partial charge in [0.15, 0.2) is 5.82 Å². The summed E-state index contributed by atoms with van der Waals surface area (Å²) < 4.78 is 5.45. The second-order valence-corrected chi connectivity index (χ2v) is 8.11. The first-order valence-corrected chi connectivity index (χ1v) is 10.9. The zero-order valence-electron chi connectivity index (χ0n) is 18.7. The van der Waals surface area contributed by atoms with Crippen LogP contribution in [0.2, 0.25) is 0 Å². The third-order valence-electron chi connectivity index (χ3n) is 5.87. The fourth-order valence-electron chi connectivity index (χ4n) is 4.30. The molecule has 8 nitrogen and oxygen atoms in total. The molecule has 1 aliphatic carbocycles. The summed E-state index contributed by atoms with van der Waals surface area (Å²) in [5, 5.41) is 0. The van der Waals surface area contributed by atoms with Crippen molar-refractivity contribution in [2.75, 3.05) is 26.9 Å². The number of methoxy groups -OCH3 is 1. The summed E-state index contributed by atoms with van der Waals surface area (Å²) in [4.78, 5) is 35.5. The molecule has 0 bridgehead atoms. The summed E-state index contributed by atoms with van der Waals surface area (Å²) in [7, 11) is 1.65. The smallest absolute Gasteiger partial charge is 0.261 e. The highest BCUT2D eigenvalue weighted by Gasteiger charge is 2.37. The van der Waals surface area contributed by atoms with Gasteiger partial charge in [-0.3, -0.25) is 14.5 Å². The third-order valence-corrected chi connectivity index (χ3v) is 5.87. The van der Waals surface area contributed by atoms with Crippen LogP contribution in [-0.4, -0.2) is 59.7 Å². The van der Waals surface area contributed by atoms with E-state index in [1.165, 1.54) is 4.90 Å². The molecule has 0 saturated carbocycles. The summed E-state index contributed by atoms with van der Waals surface area (Å²) in [5.41, 5.74) is 9.52. The van der Waals surface area contributed by atoms with Crippen LogP contribution in [0.4, 0.5) is 0 Å². The van der Waals surface area contributed by atoms with E-state index in [0.717, 1.165) is 24.2 Å². The number of rotatable bonds is 7. The van der Waals surface area contributed by atoms with Gasteiger partial charge in [-0.15, -0.1) is 0 Å². The maximum atomic E-state index is 12.8. The van der Waals surface area contributed by atoms with Gasteiger partial charge in [-0.05, 0) is 37.0 Å². The first-order chi connectivity index (χ1) is 15.5. The standard InChI is InChI=1S/C24H29N5O3/c1-4-11-26-22-21(25)27(19-10-9-16(2)14-20(19)29(22)15-32-3)12-13-28-23(30)17-7-5-6-8-18(17)24(28)31/h5-11,16H,4,12-15,25H2,1-3H3/b26-11-. The van der Waals surface area contributed by atoms with Gasteiger partial charge < -0.3 is 20.3 Å². The Morgan fingerprint density at radius 2 is 1.78 bits per heavy atom. The second kappa shape index (κ2) is 9.00. The largest absolute Gasteiger partial charge is 0.382 e. The van der Waals surface area contributed by atoms with Gasteiger partial charge in [0.05, 0.1) is 16.8 Å². The minimum Gasteiger partial charge on any atom is -0.382 e. The SMILES string of the molecule is CC/C=N\C1=C(N)N(CCN2C(=O)c3ccccc3C2=O)C2=C(CC(C)C=C2)N1COC. The number of imide groups is 1. The Morgan fingerprint density at radius 1 is 1.12 bits per heavy atom. The summed E-state index contributed by atoms with van der Waals surface area (Å²) in [6.45, 7) is 5.11. The maximum Gasteiger partial charge on any atom is 0.261 e. The average molecular weight is 436 g/mol. The van der Waals surface area contributed by atoms with Gasteiger partial charge in [0.2, 0.25) is 0 Å². The molecule has 0 saturated heterocycles. The van der Waals surface area contributed by atoms with Gasteiger partial charge in [-0.25, -0.2) is 4.99 Å². The van der Waals surface area contributed by atoms with Crippen LogP contribution < -0.4 is 5.73 Å². The van der Waals surface area contributed by atoms with Crippen molar-refractivity contribution < 1.29 is 14.3 Å². The van der Waals surface area contributed by atoms with Gasteiger partial charge in [0.1, 0.15) is 12.6 Å². The highest BCUT2D eigenvalue weighted by atomic mass is 16.5. The van der Waals surface area contributed by atoms with Gasteiger partial charge in [0.25, 0.3) is 11.8 Å². The van der Waals surface area contributed by atoms with Gasteiger partial charge in [-0.2, -0.15) is 0 Å². The van der Waals surface area contributed by atoms with E-state index in [-0.39, 0.29) is 18.4 Å². The van der Waals surface area contributed by atoms with Crippen molar-refractivity contribution in [3.8, 4) is 0 Å². The summed E-state index contributed by atoms with van der Waals surface area (Å²) in [6, 6.07) is 6.92. The van der Waals surface area contributed by atoms with Gasteiger partial charge >= 0.3 is 0 Å². The van der Waals surface area contributed by atoms with Crippen molar-refractivity contribution in [1.29, 1.82) is 0 Å². The lowest BCUT2D eigenvalue weighted by Gasteiger charge is -2.42. The molecule has 8 heteroatoms. The van der Waals surface area contributed by atoms with Crippen LogP contribution in [0.1, 0.15) is 47.4 Å². The topological polar surface area (TPSA) is 91.5 Å². The lowest BCUT2D eigenvalue weighted by molar-refractivity contribution is 0.0641. The Bertz CT molecular complexity index is 1020. The second-order valence-electron chi connectivity index (χ2n) is 8.11. The van der Waals surface area contributed by atoms with E-state index in [1.807, 2.05) is 22.9 Å². The Morgan fingerprint density at radius 3 is 2.41 bits per heavy atom. The Labute approximate surface area is 188 Å². The minimum atomic E-state index is -0.266. The summed E-state index contributed by atoms with van der Waals surface area (Å²) in [5.74, 6) is 0.926. The highest BCUT2D eigenvalue weighted by molar-refractivity contribution is 6.21. The molecule has 32 heavy (non-hydrogen) atoms. The number of amides is 2. The van der Waals surface area contributed by atoms with E-state index >= 15 is 0 Å². The monoisotopic (exact) mass is 435 g/mol. The molecule has 0 fully saturated rings. The third kappa shape index (κ3) is 3.71. The Balaban J connectivity index is 1.65. The molecule has 1 atom stereocenters. The molecule has 0 radical (unpaired) electrons. The fourth-order valence-corrected chi connectivity index (χ4v) is 4.30. The van der Waals surface area contributed by atoms with Gasteiger partial charge in [0, 0.05) is 32.1 Å². The lowest BCUT2D eigenvalue weighted by atomic mass is 9.95. The highest BCUT2D eigenvalue weighted by Crippen LogP contribution is 2.37. The van der Waals surface area contributed by atoms with Crippen molar-refractivity contribution in [1.82, 2.24) is 14.7 Å². The number of ether oxygens (including phenoxy) is 1. The average Bonchev–Trinajstić information content (AvgIpc) is 3.03. The summed E-state index contributed by atoms with van der Waals surface area (Å²) >= 11 is 0. The molecule has 2 N–H and O–H groups in total. The molecule has 1 aromatic carbocycles. The minimum absolute atomic E-state index is 0.224. The molecule has 4 rings (SSSR count). The number of carbonyl (C=O) groups excluding carboxylic acids is 2. The first-order valence-electron chi connectivity index (χ1n) is 10.9. The van der Waals surface area contributed by atoms with Crippen LogP contribution in [0.3, 0.4) is 0 Å². The van der Waals surface area contributed by atoms with Crippen LogP contribution >= 0.6 is 0 Å². The van der Waals surface area contributed by atoms with E-state index in [2.05, 4.69) is 24.1 Å². The molecular weight excluding hydrogens is 406 g/mol. The number of hydrogen-bond acceptors (Lipinski definition) is 7. The lowest BCUT2D eigenvalue weighted by Crippen LogP contribution is -2.45.